The molecule has 0 aromatic heterocycles. The highest BCUT2D eigenvalue weighted by molar-refractivity contribution is 7.99. The molecule has 1 atom stereocenters. The number of hydrogen-bond donors (Lipinski definition) is 1. The molecule has 21 heavy (non-hydrogen) atoms. The molecule has 1 aliphatic rings. The third kappa shape index (κ3) is 3.22. The molecule has 0 fully saturated rings. The zero-order valence-corrected chi connectivity index (χ0v) is 12.7. The van der Waals surface area contributed by atoms with Crippen LogP contribution < -0.4 is 5.32 Å². The van der Waals surface area contributed by atoms with Gasteiger partial charge in [0.1, 0.15) is 5.82 Å². The first-order valence-corrected chi connectivity index (χ1v) is 7.98. The van der Waals surface area contributed by atoms with Crippen LogP contribution in [0, 0.1) is 5.82 Å². The summed E-state index contributed by atoms with van der Waals surface area (Å²) in [5.41, 5.74) is 1.36. The Kier molecular flexibility index (Phi) is 4.17. The van der Waals surface area contributed by atoms with Crippen molar-refractivity contribution < 1.29 is 9.18 Å². The van der Waals surface area contributed by atoms with Crippen molar-refractivity contribution in [2.45, 2.75) is 17.4 Å². The molecular weight excluding hydrogens is 309 g/mol. The van der Waals surface area contributed by atoms with E-state index in [1.165, 1.54) is 12.1 Å². The number of rotatable bonds is 2. The molecule has 0 bridgehead atoms. The van der Waals surface area contributed by atoms with Gasteiger partial charge in [-0.3, -0.25) is 4.79 Å². The van der Waals surface area contributed by atoms with Crippen LogP contribution in [0.3, 0.4) is 0 Å². The largest absolute Gasteiger partial charge is 0.345 e. The molecule has 5 heteroatoms. The van der Waals surface area contributed by atoms with E-state index in [0.29, 0.717) is 10.6 Å². The first kappa shape index (κ1) is 14.4. The van der Waals surface area contributed by atoms with Crippen LogP contribution in [0.2, 0.25) is 5.02 Å². The normalized spacial score (nSPS) is 17.1. The monoisotopic (exact) mass is 321 g/mol. The number of carbonyl (C=O) groups is 1. The molecule has 1 heterocycles. The van der Waals surface area contributed by atoms with Gasteiger partial charge in [-0.25, -0.2) is 4.39 Å². The van der Waals surface area contributed by atoms with Crippen LogP contribution in [-0.4, -0.2) is 11.7 Å². The van der Waals surface area contributed by atoms with E-state index in [1.54, 1.807) is 42.1 Å². The first-order chi connectivity index (χ1) is 10.1. The molecular formula is C16H13ClFNOS. The zero-order valence-electron chi connectivity index (χ0n) is 11.1. The van der Waals surface area contributed by atoms with Crippen LogP contribution in [0.4, 0.5) is 4.39 Å². The third-order valence-electron chi connectivity index (χ3n) is 3.40. The van der Waals surface area contributed by atoms with Gasteiger partial charge in [0.15, 0.2) is 0 Å². The van der Waals surface area contributed by atoms with Crippen LogP contribution in [-0.2, 0) is 0 Å². The molecule has 0 aliphatic carbocycles. The Labute approximate surface area is 131 Å². The Hall–Kier alpha value is -1.52. The molecule has 2 aromatic rings. The highest BCUT2D eigenvalue weighted by Gasteiger charge is 2.23. The maximum Gasteiger partial charge on any atom is 0.251 e. The molecule has 0 saturated heterocycles. The van der Waals surface area contributed by atoms with E-state index in [-0.39, 0.29) is 17.8 Å². The lowest BCUT2D eigenvalue weighted by atomic mass is 10.0. The van der Waals surface area contributed by atoms with Crippen molar-refractivity contribution in [3.05, 3.63) is 64.4 Å². The van der Waals surface area contributed by atoms with Crippen LogP contribution in [0.25, 0.3) is 0 Å². The first-order valence-electron chi connectivity index (χ1n) is 6.62. The fourth-order valence-corrected chi connectivity index (χ4v) is 3.68. The molecule has 1 N–H and O–H groups in total. The quantitative estimate of drug-likeness (QED) is 0.885. The standard InChI is InChI=1S/C16H13ClFNOS/c17-11-3-1-2-10(8-11)16(20)19-14-6-7-21-15-5-4-12(18)9-13(14)15/h1-5,8-9,14H,6-7H2,(H,19,20). The van der Waals surface area contributed by atoms with E-state index in [1.807, 2.05) is 0 Å². The van der Waals surface area contributed by atoms with Crippen molar-refractivity contribution in [2.75, 3.05) is 5.75 Å². The van der Waals surface area contributed by atoms with Gasteiger partial charge in [-0.15, -0.1) is 11.8 Å². The molecule has 108 valence electrons. The summed E-state index contributed by atoms with van der Waals surface area (Å²) in [5, 5.41) is 3.49. The average Bonchev–Trinajstić information content (AvgIpc) is 2.48. The van der Waals surface area contributed by atoms with Crippen molar-refractivity contribution in [3.63, 3.8) is 0 Å². The van der Waals surface area contributed by atoms with Crippen molar-refractivity contribution >= 4 is 29.3 Å². The number of hydrogen-bond acceptors (Lipinski definition) is 2. The molecule has 1 amide bonds. The number of carbonyl (C=O) groups excluding carboxylic acids is 1. The third-order valence-corrected chi connectivity index (χ3v) is 4.76. The van der Waals surface area contributed by atoms with E-state index in [4.69, 9.17) is 11.6 Å². The SMILES string of the molecule is O=C(NC1CCSc2ccc(F)cc21)c1cccc(Cl)c1. The summed E-state index contributed by atoms with van der Waals surface area (Å²) in [6.45, 7) is 0. The fraction of sp³-hybridized carbons (Fsp3) is 0.188. The summed E-state index contributed by atoms with van der Waals surface area (Å²) in [6.07, 6.45) is 0.785. The van der Waals surface area contributed by atoms with E-state index >= 15 is 0 Å². The summed E-state index contributed by atoms with van der Waals surface area (Å²) in [7, 11) is 0. The van der Waals surface area contributed by atoms with Gasteiger partial charge in [0.25, 0.3) is 5.91 Å². The number of benzene rings is 2. The lowest BCUT2D eigenvalue weighted by molar-refractivity contribution is 0.0935. The lowest BCUT2D eigenvalue weighted by Gasteiger charge is -2.26. The van der Waals surface area contributed by atoms with E-state index < -0.39 is 0 Å². The molecule has 0 radical (unpaired) electrons. The minimum absolute atomic E-state index is 0.163. The van der Waals surface area contributed by atoms with Gasteiger partial charge in [0, 0.05) is 21.2 Å². The molecule has 3 rings (SSSR count). The minimum atomic E-state index is -0.279. The van der Waals surface area contributed by atoms with E-state index in [0.717, 1.165) is 22.6 Å². The van der Waals surface area contributed by atoms with Crippen LogP contribution in [0.15, 0.2) is 47.4 Å². The topological polar surface area (TPSA) is 29.1 Å². The number of nitrogens with one attached hydrogen (secondary N) is 1. The molecule has 0 spiro atoms. The Balaban J connectivity index is 1.83. The number of halogens is 2. The van der Waals surface area contributed by atoms with Gasteiger partial charge >= 0.3 is 0 Å². The second-order valence-corrected chi connectivity index (χ2v) is 6.43. The predicted octanol–water partition coefficient (Wildman–Crippen LogP) is 4.45. The average molecular weight is 322 g/mol. The molecule has 2 nitrogen and oxygen atoms in total. The van der Waals surface area contributed by atoms with Gasteiger partial charge in [-0.1, -0.05) is 17.7 Å². The highest BCUT2D eigenvalue weighted by atomic mass is 35.5. The van der Waals surface area contributed by atoms with Crippen molar-refractivity contribution in [2.24, 2.45) is 0 Å². The number of amides is 1. The Bertz CT molecular complexity index is 692. The second kappa shape index (κ2) is 6.08. The predicted molar refractivity (Wildman–Crippen MR) is 83.4 cm³/mol. The van der Waals surface area contributed by atoms with Gasteiger partial charge in [0.2, 0.25) is 0 Å². The molecule has 2 aromatic carbocycles. The van der Waals surface area contributed by atoms with Gasteiger partial charge in [-0.2, -0.15) is 0 Å². The number of thioether (sulfide) groups is 1. The van der Waals surface area contributed by atoms with Crippen LogP contribution in [0.1, 0.15) is 28.4 Å². The summed E-state index contributed by atoms with van der Waals surface area (Å²) in [4.78, 5) is 13.3. The number of fused-ring (bicyclic) bond motifs is 1. The van der Waals surface area contributed by atoms with Crippen LogP contribution in [0.5, 0.6) is 0 Å². The Morgan fingerprint density at radius 2 is 2.14 bits per heavy atom. The van der Waals surface area contributed by atoms with Crippen molar-refractivity contribution in [1.29, 1.82) is 0 Å². The summed E-state index contributed by atoms with van der Waals surface area (Å²) in [6, 6.07) is 11.4. The Morgan fingerprint density at radius 3 is 2.95 bits per heavy atom. The maximum atomic E-state index is 13.4. The fourth-order valence-electron chi connectivity index (χ4n) is 2.39. The van der Waals surface area contributed by atoms with E-state index in [9.17, 15) is 9.18 Å². The van der Waals surface area contributed by atoms with Crippen LogP contribution >= 0.6 is 23.4 Å². The highest BCUT2D eigenvalue weighted by Crippen LogP contribution is 2.36. The summed E-state index contributed by atoms with van der Waals surface area (Å²) < 4.78 is 13.4. The van der Waals surface area contributed by atoms with Crippen molar-refractivity contribution in [1.82, 2.24) is 5.32 Å². The maximum absolute atomic E-state index is 13.4. The molecule has 0 saturated carbocycles. The summed E-state index contributed by atoms with van der Waals surface area (Å²) >= 11 is 7.59. The summed E-state index contributed by atoms with van der Waals surface area (Å²) in [5.74, 6) is 0.432. The zero-order chi connectivity index (χ0) is 14.8. The minimum Gasteiger partial charge on any atom is -0.345 e. The van der Waals surface area contributed by atoms with Gasteiger partial charge in [0.05, 0.1) is 6.04 Å². The lowest BCUT2D eigenvalue weighted by Crippen LogP contribution is -2.30. The van der Waals surface area contributed by atoms with Crippen molar-refractivity contribution in [3.8, 4) is 0 Å². The van der Waals surface area contributed by atoms with Gasteiger partial charge < -0.3 is 5.32 Å². The Morgan fingerprint density at radius 1 is 1.29 bits per heavy atom. The smallest absolute Gasteiger partial charge is 0.251 e. The van der Waals surface area contributed by atoms with Gasteiger partial charge in [-0.05, 0) is 48.4 Å². The second-order valence-electron chi connectivity index (χ2n) is 4.86. The van der Waals surface area contributed by atoms with E-state index in [2.05, 4.69) is 5.32 Å². The molecule has 1 aliphatic heterocycles. The molecule has 1 unspecified atom stereocenters.